The predicted molar refractivity (Wildman–Crippen MR) is 84.4 cm³/mol. The van der Waals surface area contributed by atoms with E-state index in [-0.39, 0.29) is 10.6 Å². The third-order valence-electron chi connectivity index (χ3n) is 2.88. The number of nitrogens with zero attached hydrogens (tertiary/aromatic N) is 1. The van der Waals surface area contributed by atoms with Gasteiger partial charge >= 0.3 is 0 Å². The van der Waals surface area contributed by atoms with Gasteiger partial charge in [-0.3, -0.25) is 10.1 Å². The molecule has 1 N–H and O–H groups in total. The van der Waals surface area contributed by atoms with Crippen molar-refractivity contribution in [2.75, 3.05) is 33.5 Å². The van der Waals surface area contributed by atoms with Crippen molar-refractivity contribution in [1.82, 2.24) is 5.32 Å². The molecule has 0 unspecified atom stereocenters. The van der Waals surface area contributed by atoms with E-state index in [2.05, 4.69) is 21.2 Å². The Morgan fingerprint density at radius 1 is 1.29 bits per heavy atom. The van der Waals surface area contributed by atoms with Gasteiger partial charge in [0.1, 0.15) is 0 Å². The third-order valence-corrected chi connectivity index (χ3v) is 3.37. The highest BCUT2D eigenvalue weighted by Gasteiger charge is 2.12. The van der Waals surface area contributed by atoms with Crippen molar-refractivity contribution in [2.45, 2.75) is 19.4 Å². The summed E-state index contributed by atoms with van der Waals surface area (Å²) in [5, 5.41) is 14.1. The number of hydrogen-bond acceptors (Lipinski definition) is 5. The van der Waals surface area contributed by atoms with Crippen molar-refractivity contribution in [3.8, 4) is 0 Å². The fourth-order valence-electron chi connectivity index (χ4n) is 1.80. The molecule has 0 spiro atoms. The van der Waals surface area contributed by atoms with Crippen molar-refractivity contribution in [3.63, 3.8) is 0 Å². The summed E-state index contributed by atoms with van der Waals surface area (Å²) in [5.41, 5.74) is 0.833. The van der Waals surface area contributed by atoms with Crippen molar-refractivity contribution < 1.29 is 14.4 Å². The zero-order valence-electron chi connectivity index (χ0n) is 12.1. The molecule has 0 fully saturated rings. The minimum absolute atomic E-state index is 0.147. The first kappa shape index (κ1) is 18.0. The Morgan fingerprint density at radius 2 is 2.10 bits per heavy atom. The molecule has 0 saturated heterocycles. The first-order chi connectivity index (χ1) is 10.1. The van der Waals surface area contributed by atoms with E-state index in [4.69, 9.17) is 9.47 Å². The normalized spacial score (nSPS) is 10.8. The summed E-state index contributed by atoms with van der Waals surface area (Å²) in [5.74, 6) is 0. The minimum Gasteiger partial charge on any atom is -0.382 e. The zero-order chi connectivity index (χ0) is 15.5. The number of nitro benzene ring substituents is 1. The van der Waals surface area contributed by atoms with Crippen LogP contribution in [0.25, 0.3) is 0 Å². The maximum absolute atomic E-state index is 10.9. The van der Waals surface area contributed by atoms with E-state index in [1.54, 1.807) is 19.2 Å². The lowest BCUT2D eigenvalue weighted by molar-refractivity contribution is -0.385. The topological polar surface area (TPSA) is 73.6 Å². The van der Waals surface area contributed by atoms with Crippen LogP contribution in [0.5, 0.6) is 0 Å². The van der Waals surface area contributed by atoms with E-state index in [1.807, 2.05) is 0 Å². The van der Waals surface area contributed by atoms with Crippen LogP contribution in [0.3, 0.4) is 0 Å². The van der Waals surface area contributed by atoms with Crippen LogP contribution in [0.15, 0.2) is 22.7 Å². The van der Waals surface area contributed by atoms with Crippen LogP contribution in [-0.4, -0.2) is 38.4 Å². The van der Waals surface area contributed by atoms with Crippen molar-refractivity contribution in [2.24, 2.45) is 0 Å². The van der Waals surface area contributed by atoms with Gasteiger partial charge in [0.25, 0.3) is 5.69 Å². The van der Waals surface area contributed by atoms with Crippen LogP contribution in [0.1, 0.15) is 18.4 Å². The second kappa shape index (κ2) is 10.7. The molecule has 0 amide bonds. The molecule has 0 bridgehead atoms. The molecule has 0 saturated carbocycles. The number of methoxy groups -OCH3 is 1. The van der Waals surface area contributed by atoms with Crippen LogP contribution in [0.2, 0.25) is 0 Å². The third kappa shape index (κ3) is 7.52. The first-order valence-corrected chi connectivity index (χ1v) is 7.64. The molecular formula is C14H21BrN2O4. The van der Waals surface area contributed by atoms with Gasteiger partial charge in [-0.2, -0.15) is 0 Å². The number of nitrogens with one attached hydrogen (secondary N) is 1. The summed E-state index contributed by atoms with van der Waals surface area (Å²) in [6, 6.07) is 4.97. The molecule has 1 aromatic rings. The number of halogens is 1. The minimum atomic E-state index is -0.354. The summed E-state index contributed by atoms with van der Waals surface area (Å²) in [4.78, 5) is 10.6. The maximum Gasteiger partial charge on any atom is 0.273 e. The summed E-state index contributed by atoms with van der Waals surface area (Å²) >= 11 is 3.33. The number of unbranched alkanes of at least 4 members (excludes halogenated alkanes) is 1. The molecule has 118 valence electrons. The molecule has 7 heteroatoms. The standard InChI is InChI=1S/C14H21BrN2O4/c1-20-8-9-21-7-3-2-6-16-11-12-10-13(15)4-5-14(12)17(18)19/h4-5,10,16H,2-3,6-9,11H2,1H3. The highest BCUT2D eigenvalue weighted by molar-refractivity contribution is 9.10. The highest BCUT2D eigenvalue weighted by atomic mass is 79.9. The molecule has 1 rings (SSSR count). The lowest BCUT2D eigenvalue weighted by Gasteiger charge is -2.07. The van der Waals surface area contributed by atoms with Crippen LogP contribution >= 0.6 is 15.9 Å². The molecule has 21 heavy (non-hydrogen) atoms. The van der Waals surface area contributed by atoms with E-state index in [1.165, 1.54) is 6.07 Å². The lowest BCUT2D eigenvalue weighted by Crippen LogP contribution is -2.16. The number of rotatable bonds is 11. The molecule has 0 radical (unpaired) electrons. The monoisotopic (exact) mass is 360 g/mol. The molecule has 1 aromatic carbocycles. The second-order valence-electron chi connectivity index (χ2n) is 4.52. The summed E-state index contributed by atoms with van der Waals surface area (Å²) < 4.78 is 11.1. The van der Waals surface area contributed by atoms with Gasteiger partial charge in [0, 0.05) is 36.4 Å². The molecule has 6 nitrogen and oxygen atoms in total. The molecule has 0 atom stereocenters. The van der Waals surface area contributed by atoms with E-state index >= 15 is 0 Å². The zero-order valence-corrected chi connectivity index (χ0v) is 13.7. The van der Waals surface area contributed by atoms with Crippen LogP contribution in [-0.2, 0) is 16.0 Å². The molecule has 0 aliphatic rings. The van der Waals surface area contributed by atoms with Gasteiger partial charge in [-0.15, -0.1) is 0 Å². The highest BCUT2D eigenvalue weighted by Crippen LogP contribution is 2.22. The Balaban J connectivity index is 2.21. The summed E-state index contributed by atoms with van der Waals surface area (Å²) in [6.07, 6.45) is 1.92. The van der Waals surface area contributed by atoms with Crippen LogP contribution < -0.4 is 5.32 Å². The smallest absolute Gasteiger partial charge is 0.273 e. The first-order valence-electron chi connectivity index (χ1n) is 6.85. The molecule has 0 aromatic heterocycles. The molecule has 0 heterocycles. The van der Waals surface area contributed by atoms with Crippen LogP contribution in [0.4, 0.5) is 5.69 Å². The largest absolute Gasteiger partial charge is 0.382 e. The number of hydrogen-bond donors (Lipinski definition) is 1. The van der Waals surface area contributed by atoms with Crippen molar-refractivity contribution in [3.05, 3.63) is 38.3 Å². The second-order valence-corrected chi connectivity index (χ2v) is 5.43. The van der Waals surface area contributed by atoms with Gasteiger partial charge in [0.2, 0.25) is 0 Å². The van der Waals surface area contributed by atoms with Crippen molar-refractivity contribution >= 4 is 21.6 Å². The average molecular weight is 361 g/mol. The molecular weight excluding hydrogens is 340 g/mol. The van der Waals surface area contributed by atoms with Crippen molar-refractivity contribution in [1.29, 1.82) is 0 Å². The number of nitro groups is 1. The maximum atomic E-state index is 10.9. The summed E-state index contributed by atoms with van der Waals surface area (Å²) in [6.45, 7) is 3.23. The molecule has 0 aliphatic heterocycles. The van der Waals surface area contributed by atoms with E-state index < -0.39 is 0 Å². The number of benzene rings is 1. The Hall–Kier alpha value is -1.02. The van der Waals surface area contributed by atoms with Gasteiger partial charge in [0.05, 0.1) is 18.1 Å². The fourth-order valence-corrected chi connectivity index (χ4v) is 2.20. The predicted octanol–water partition coefficient (Wildman–Crippen LogP) is 2.89. The Labute approximate surface area is 133 Å². The van der Waals surface area contributed by atoms with Gasteiger partial charge in [-0.05, 0) is 31.5 Å². The lowest BCUT2D eigenvalue weighted by atomic mass is 10.2. The van der Waals surface area contributed by atoms with E-state index in [9.17, 15) is 10.1 Å². The van der Waals surface area contributed by atoms with Gasteiger partial charge in [-0.25, -0.2) is 0 Å². The SMILES string of the molecule is COCCOCCCCNCc1cc(Br)ccc1[N+](=O)[O-]. The Kier molecular flexibility index (Phi) is 9.16. The average Bonchev–Trinajstić information content (AvgIpc) is 2.45. The Bertz CT molecular complexity index is 443. The van der Waals surface area contributed by atoms with Gasteiger partial charge < -0.3 is 14.8 Å². The number of ether oxygens (including phenoxy) is 2. The fraction of sp³-hybridized carbons (Fsp3) is 0.571. The van der Waals surface area contributed by atoms with Gasteiger partial charge in [-0.1, -0.05) is 15.9 Å². The van der Waals surface area contributed by atoms with E-state index in [0.29, 0.717) is 31.9 Å². The Morgan fingerprint density at radius 3 is 2.81 bits per heavy atom. The summed E-state index contributed by atoms with van der Waals surface area (Å²) in [7, 11) is 1.65. The molecule has 0 aliphatic carbocycles. The van der Waals surface area contributed by atoms with Gasteiger partial charge in [0.15, 0.2) is 0 Å². The van der Waals surface area contributed by atoms with Crippen LogP contribution in [0, 0.1) is 10.1 Å². The van der Waals surface area contributed by atoms with E-state index in [0.717, 1.165) is 23.9 Å². The quantitative estimate of drug-likeness (QED) is 0.373.